The highest BCUT2D eigenvalue weighted by molar-refractivity contribution is 8.00. The molecule has 0 aromatic carbocycles. The van der Waals surface area contributed by atoms with E-state index >= 15 is 0 Å². The van der Waals surface area contributed by atoms with Crippen LogP contribution < -0.4 is 0 Å². The number of carbonyl (C=O) groups is 2. The minimum Gasteiger partial charge on any atom is -0.481 e. The first kappa shape index (κ1) is 16.7. The fourth-order valence-electron chi connectivity index (χ4n) is 2.02. The molecule has 1 aliphatic heterocycles. The maximum atomic E-state index is 12.4. The molecule has 0 radical (unpaired) electrons. The van der Waals surface area contributed by atoms with Crippen LogP contribution in [-0.4, -0.2) is 57.0 Å². The number of hydrogen-bond acceptors (Lipinski definition) is 4. The SMILES string of the molecule is CCCCSC(C)C(=O)N1CCSCC1CC(=O)O. The van der Waals surface area contributed by atoms with Crippen LogP contribution in [0.2, 0.25) is 0 Å². The summed E-state index contributed by atoms with van der Waals surface area (Å²) >= 11 is 3.41. The average Bonchev–Trinajstić information content (AvgIpc) is 2.38. The Bertz CT molecular complexity index is 312. The second-order valence-corrected chi connectivity index (χ2v) is 7.32. The van der Waals surface area contributed by atoms with Gasteiger partial charge in [-0.05, 0) is 19.1 Å². The normalized spacial score (nSPS) is 21.2. The van der Waals surface area contributed by atoms with E-state index < -0.39 is 5.97 Å². The number of carboxylic acids is 1. The third-order valence-electron chi connectivity index (χ3n) is 3.13. The Morgan fingerprint density at radius 3 is 2.89 bits per heavy atom. The predicted octanol–water partition coefficient (Wildman–Crippen LogP) is 2.33. The van der Waals surface area contributed by atoms with Crippen LogP contribution in [0.5, 0.6) is 0 Å². The summed E-state index contributed by atoms with van der Waals surface area (Å²) in [6.45, 7) is 4.75. The lowest BCUT2D eigenvalue weighted by Crippen LogP contribution is -2.49. The Hall–Kier alpha value is -0.360. The van der Waals surface area contributed by atoms with Crippen LogP contribution in [0, 0.1) is 0 Å². The molecule has 1 N–H and O–H groups in total. The van der Waals surface area contributed by atoms with Gasteiger partial charge in [0.2, 0.25) is 5.91 Å². The zero-order valence-electron chi connectivity index (χ0n) is 11.6. The number of amides is 1. The van der Waals surface area contributed by atoms with Gasteiger partial charge in [0.05, 0.1) is 17.7 Å². The molecule has 1 amide bonds. The highest BCUT2D eigenvalue weighted by Crippen LogP contribution is 2.23. The van der Waals surface area contributed by atoms with Crippen molar-refractivity contribution in [3.63, 3.8) is 0 Å². The summed E-state index contributed by atoms with van der Waals surface area (Å²) in [6, 6.07) is -0.141. The van der Waals surface area contributed by atoms with Gasteiger partial charge in [-0.25, -0.2) is 0 Å². The summed E-state index contributed by atoms with van der Waals surface area (Å²) < 4.78 is 0. The van der Waals surface area contributed by atoms with Crippen molar-refractivity contribution < 1.29 is 14.7 Å². The van der Waals surface area contributed by atoms with Gasteiger partial charge in [0.25, 0.3) is 0 Å². The van der Waals surface area contributed by atoms with Crippen LogP contribution in [0.25, 0.3) is 0 Å². The van der Waals surface area contributed by atoms with E-state index in [1.165, 1.54) is 0 Å². The molecule has 0 aromatic heterocycles. The number of thioether (sulfide) groups is 2. The van der Waals surface area contributed by atoms with Gasteiger partial charge in [-0.2, -0.15) is 11.8 Å². The molecular formula is C13H23NO3S2. The molecule has 1 rings (SSSR count). The Kier molecular flexibility index (Phi) is 7.68. The Morgan fingerprint density at radius 2 is 2.26 bits per heavy atom. The standard InChI is InChI=1S/C13H23NO3S2/c1-3-4-6-19-10(2)13(17)14-5-7-18-9-11(14)8-12(15)16/h10-11H,3-9H2,1-2H3,(H,15,16). The summed E-state index contributed by atoms with van der Waals surface area (Å²) in [5.74, 6) is 1.93. The molecule has 1 fully saturated rings. The van der Waals surface area contributed by atoms with Crippen molar-refractivity contribution in [3.05, 3.63) is 0 Å². The van der Waals surface area contributed by atoms with Gasteiger partial charge >= 0.3 is 5.97 Å². The van der Waals surface area contributed by atoms with E-state index in [1.807, 2.05) is 6.92 Å². The summed E-state index contributed by atoms with van der Waals surface area (Å²) in [5, 5.41) is 8.86. The number of carbonyl (C=O) groups excluding carboxylic acids is 1. The molecule has 0 bridgehead atoms. The topological polar surface area (TPSA) is 57.6 Å². The minimum absolute atomic E-state index is 0.0606. The highest BCUT2D eigenvalue weighted by atomic mass is 32.2. The molecule has 0 spiro atoms. The molecule has 6 heteroatoms. The summed E-state index contributed by atoms with van der Waals surface area (Å²) in [5.41, 5.74) is 0. The zero-order valence-corrected chi connectivity index (χ0v) is 13.3. The Labute approximate surface area is 123 Å². The van der Waals surface area contributed by atoms with Crippen molar-refractivity contribution in [3.8, 4) is 0 Å². The van der Waals surface area contributed by atoms with Crippen molar-refractivity contribution >= 4 is 35.4 Å². The molecular weight excluding hydrogens is 282 g/mol. The quantitative estimate of drug-likeness (QED) is 0.732. The average molecular weight is 305 g/mol. The van der Waals surface area contributed by atoms with Gasteiger partial charge in [-0.3, -0.25) is 9.59 Å². The lowest BCUT2D eigenvalue weighted by Gasteiger charge is -2.36. The predicted molar refractivity (Wildman–Crippen MR) is 81.9 cm³/mol. The number of carboxylic acid groups (broad SMARTS) is 1. The van der Waals surface area contributed by atoms with Gasteiger partial charge in [0, 0.05) is 18.1 Å². The van der Waals surface area contributed by atoms with E-state index in [9.17, 15) is 9.59 Å². The third-order valence-corrected chi connectivity index (χ3v) is 5.45. The van der Waals surface area contributed by atoms with E-state index in [0.717, 1.165) is 30.1 Å². The molecule has 0 aromatic rings. The lowest BCUT2D eigenvalue weighted by molar-refractivity contribution is -0.140. The van der Waals surface area contributed by atoms with Gasteiger partial charge in [0.15, 0.2) is 0 Å². The highest BCUT2D eigenvalue weighted by Gasteiger charge is 2.31. The van der Waals surface area contributed by atoms with Crippen molar-refractivity contribution in [2.24, 2.45) is 0 Å². The molecule has 0 aliphatic carbocycles. The summed E-state index contributed by atoms with van der Waals surface area (Å²) in [6.07, 6.45) is 2.32. The second-order valence-electron chi connectivity index (χ2n) is 4.72. The summed E-state index contributed by atoms with van der Waals surface area (Å²) in [7, 11) is 0. The molecule has 1 saturated heterocycles. The second kappa shape index (κ2) is 8.74. The number of rotatable bonds is 7. The number of aliphatic carboxylic acids is 1. The third kappa shape index (κ3) is 5.65. The van der Waals surface area contributed by atoms with Crippen molar-refractivity contribution in [1.29, 1.82) is 0 Å². The summed E-state index contributed by atoms with van der Waals surface area (Å²) in [4.78, 5) is 25.0. The van der Waals surface area contributed by atoms with E-state index in [4.69, 9.17) is 5.11 Å². The lowest BCUT2D eigenvalue weighted by atomic mass is 10.2. The zero-order chi connectivity index (χ0) is 14.3. The van der Waals surface area contributed by atoms with E-state index in [0.29, 0.717) is 6.54 Å². The van der Waals surface area contributed by atoms with E-state index in [2.05, 4.69) is 6.92 Å². The largest absolute Gasteiger partial charge is 0.481 e. The van der Waals surface area contributed by atoms with Crippen LogP contribution >= 0.6 is 23.5 Å². The van der Waals surface area contributed by atoms with Crippen molar-refractivity contribution in [2.45, 2.75) is 44.4 Å². The fraction of sp³-hybridized carbons (Fsp3) is 0.846. The van der Waals surface area contributed by atoms with Gasteiger partial charge in [0.1, 0.15) is 0 Å². The van der Waals surface area contributed by atoms with Crippen LogP contribution in [0.15, 0.2) is 0 Å². The number of unbranched alkanes of at least 4 members (excludes halogenated alkanes) is 1. The van der Waals surface area contributed by atoms with Gasteiger partial charge in [-0.15, -0.1) is 11.8 Å². The first-order valence-electron chi connectivity index (χ1n) is 6.77. The smallest absolute Gasteiger partial charge is 0.305 e. The van der Waals surface area contributed by atoms with Crippen LogP contribution in [0.1, 0.15) is 33.1 Å². The Balaban J connectivity index is 2.53. The van der Waals surface area contributed by atoms with Crippen LogP contribution in [-0.2, 0) is 9.59 Å². The first-order chi connectivity index (χ1) is 9.06. The maximum Gasteiger partial charge on any atom is 0.305 e. The maximum absolute atomic E-state index is 12.4. The monoisotopic (exact) mass is 305 g/mol. The molecule has 0 saturated carbocycles. The molecule has 19 heavy (non-hydrogen) atoms. The molecule has 1 heterocycles. The van der Waals surface area contributed by atoms with E-state index in [1.54, 1.807) is 28.4 Å². The molecule has 4 nitrogen and oxygen atoms in total. The fourth-order valence-corrected chi connectivity index (χ4v) is 4.17. The van der Waals surface area contributed by atoms with Crippen LogP contribution in [0.3, 0.4) is 0 Å². The molecule has 2 atom stereocenters. The van der Waals surface area contributed by atoms with Crippen molar-refractivity contribution in [1.82, 2.24) is 4.90 Å². The molecule has 110 valence electrons. The van der Waals surface area contributed by atoms with Crippen molar-refractivity contribution in [2.75, 3.05) is 23.8 Å². The molecule has 1 aliphatic rings. The van der Waals surface area contributed by atoms with Crippen LogP contribution in [0.4, 0.5) is 0 Å². The number of hydrogen-bond donors (Lipinski definition) is 1. The van der Waals surface area contributed by atoms with Gasteiger partial charge < -0.3 is 10.0 Å². The van der Waals surface area contributed by atoms with Gasteiger partial charge in [-0.1, -0.05) is 13.3 Å². The minimum atomic E-state index is -0.823. The van der Waals surface area contributed by atoms with E-state index in [-0.39, 0.29) is 23.6 Å². The first-order valence-corrected chi connectivity index (χ1v) is 8.98. The number of nitrogens with zero attached hydrogens (tertiary/aromatic N) is 1. The Morgan fingerprint density at radius 1 is 1.53 bits per heavy atom. The molecule has 2 unspecified atom stereocenters.